The number of anilines is 1. The molecule has 2 aromatic rings. The second kappa shape index (κ2) is 7.56. The number of phenolic OH excluding ortho intramolecular Hbond substituents is 1. The van der Waals surface area contributed by atoms with E-state index in [2.05, 4.69) is 10.1 Å². The topological polar surface area (TPSA) is 70.6 Å². The summed E-state index contributed by atoms with van der Waals surface area (Å²) in [5, 5.41) is 13.6. The number of thiocarbonyl (C=S) groups is 1. The van der Waals surface area contributed by atoms with E-state index in [1.807, 2.05) is 5.32 Å². The molecule has 0 aromatic heterocycles. The fraction of sp³-hybridized carbons (Fsp3) is 0.125. The van der Waals surface area contributed by atoms with Gasteiger partial charge in [0.25, 0.3) is 5.91 Å². The Morgan fingerprint density at radius 2 is 1.69 bits per heavy atom. The van der Waals surface area contributed by atoms with Crippen LogP contribution >= 0.6 is 12.2 Å². The molecule has 0 fully saturated rings. The first-order valence-electron chi connectivity index (χ1n) is 6.99. The molecule has 5 nitrogen and oxygen atoms in total. The molecule has 2 rings (SSSR count). The predicted octanol–water partition coefficient (Wildman–Crippen LogP) is 3.39. The normalized spacial score (nSPS) is 10.4. The molecule has 0 aliphatic rings. The number of aromatic hydroxyl groups is 1. The van der Waals surface area contributed by atoms with Crippen molar-refractivity contribution in [2.75, 3.05) is 12.4 Å². The van der Waals surface area contributed by atoms with Crippen molar-refractivity contribution in [1.29, 1.82) is 0 Å². The summed E-state index contributed by atoms with van der Waals surface area (Å²) < 4.78 is 59.4. The summed E-state index contributed by atoms with van der Waals surface area (Å²) in [7, 11) is 0.813. The predicted molar refractivity (Wildman–Crippen MR) is 89.4 cm³/mol. The van der Waals surface area contributed by atoms with Gasteiger partial charge in [0.2, 0.25) is 11.6 Å². The molecule has 3 N–H and O–H groups in total. The maximum absolute atomic E-state index is 13.9. The summed E-state index contributed by atoms with van der Waals surface area (Å²) in [6.07, 6.45) is 0. The SMILES string of the molecule is COc1c(F)c(F)c(C(=O)NC(=S)Nc2ccc(C)cc2O)c(F)c1F. The minimum absolute atomic E-state index is 0.105. The molecule has 0 atom stereocenters. The van der Waals surface area contributed by atoms with E-state index in [9.17, 15) is 27.5 Å². The maximum Gasteiger partial charge on any atom is 0.263 e. The lowest BCUT2D eigenvalue weighted by Crippen LogP contribution is -2.35. The molecule has 2 aromatic carbocycles. The van der Waals surface area contributed by atoms with E-state index in [1.54, 1.807) is 13.0 Å². The lowest BCUT2D eigenvalue weighted by atomic mass is 10.1. The van der Waals surface area contributed by atoms with Crippen molar-refractivity contribution in [2.45, 2.75) is 6.92 Å². The number of methoxy groups -OCH3 is 1. The molecule has 1 amide bonds. The number of phenols is 1. The fourth-order valence-electron chi connectivity index (χ4n) is 2.06. The van der Waals surface area contributed by atoms with Gasteiger partial charge in [-0.2, -0.15) is 8.78 Å². The Morgan fingerprint density at radius 1 is 1.12 bits per heavy atom. The molecule has 10 heteroatoms. The number of nitrogens with one attached hydrogen (secondary N) is 2. The van der Waals surface area contributed by atoms with Gasteiger partial charge < -0.3 is 15.2 Å². The van der Waals surface area contributed by atoms with E-state index < -0.39 is 45.6 Å². The van der Waals surface area contributed by atoms with Crippen LogP contribution in [0.2, 0.25) is 0 Å². The van der Waals surface area contributed by atoms with Gasteiger partial charge in [0.1, 0.15) is 11.3 Å². The average molecular weight is 388 g/mol. The van der Waals surface area contributed by atoms with Crippen molar-refractivity contribution < 1.29 is 32.2 Å². The zero-order valence-corrected chi connectivity index (χ0v) is 14.2. The van der Waals surface area contributed by atoms with Crippen LogP contribution in [0.3, 0.4) is 0 Å². The van der Waals surface area contributed by atoms with E-state index in [-0.39, 0.29) is 11.4 Å². The fourth-order valence-corrected chi connectivity index (χ4v) is 2.26. The number of carbonyl (C=O) groups is 1. The molecular weight excluding hydrogens is 376 g/mol. The van der Waals surface area contributed by atoms with Crippen LogP contribution in [0.1, 0.15) is 15.9 Å². The van der Waals surface area contributed by atoms with Crippen LogP contribution < -0.4 is 15.4 Å². The van der Waals surface area contributed by atoms with Crippen LogP contribution in [0.15, 0.2) is 18.2 Å². The van der Waals surface area contributed by atoms with Gasteiger partial charge in [-0.05, 0) is 36.8 Å². The quantitative estimate of drug-likeness (QED) is 0.325. The Bertz CT molecular complexity index is 877. The minimum atomic E-state index is -1.93. The molecule has 0 aliphatic carbocycles. The van der Waals surface area contributed by atoms with Crippen LogP contribution in [0.5, 0.6) is 11.5 Å². The van der Waals surface area contributed by atoms with Crippen molar-refractivity contribution in [3.63, 3.8) is 0 Å². The molecule has 138 valence electrons. The Balaban J connectivity index is 2.26. The van der Waals surface area contributed by atoms with Crippen molar-refractivity contribution in [3.05, 3.63) is 52.6 Å². The van der Waals surface area contributed by atoms with Crippen LogP contribution in [0.25, 0.3) is 0 Å². The zero-order valence-electron chi connectivity index (χ0n) is 13.4. The largest absolute Gasteiger partial charge is 0.506 e. The Hall–Kier alpha value is -2.88. The third-order valence-electron chi connectivity index (χ3n) is 3.28. The van der Waals surface area contributed by atoms with Gasteiger partial charge in [0.15, 0.2) is 22.5 Å². The summed E-state index contributed by atoms with van der Waals surface area (Å²) in [6.45, 7) is 1.72. The summed E-state index contributed by atoms with van der Waals surface area (Å²) in [4.78, 5) is 12.0. The van der Waals surface area contributed by atoms with Gasteiger partial charge in [-0.15, -0.1) is 0 Å². The second-order valence-corrected chi connectivity index (χ2v) is 5.50. The lowest BCUT2D eigenvalue weighted by molar-refractivity contribution is 0.0966. The van der Waals surface area contributed by atoms with Crippen LogP contribution in [0.4, 0.5) is 23.2 Å². The highest BCUT2D eigenvalue weighted by Crippen LogP contribution is 2.30. The molecule has 0 radical (unpaired) electrons. The zero-order chi connectivity index (χ0) is 19.6. The first kappa shape index (κ1) is 19.4. The second-order valence-electron chi connectivity index (χ2n) is 5.09. The van der Waals surface area contributed by atoms with Gasteiger partial charge in [-0.25, -0.2) is 8.78 Å². The number of rotatable bonds is 3. The summed E-state index contributed by atoms with van der Waals surface area (Å²) >= 11 is 4.79. The molecule has 0 unspecified atom stereocenters. The van der Waals surface area contributed by atoms with Crippen molar-refractivity contribution >= 4 is 28.9 Å². The molecule has 0 heterocycles. The number of aryl methyl sites for hydroxylation is 1. The van der Waals surface area contributed by atoms with Gasteiger partial charge in [-0.1, -0.05) is 6.07 Å². The molecule has 0 saturated carbocycles. The van der Waals surface area contributed by atoms with E-state index >= 15 is 0 Å². The molecule has 26 heavy (non-hydrogen) atoms. The molecule has 0 spiro atoms. The van der Waals surface area contributed by atoms with Crippen LogP contribution in [-0.2, 0) is 0 Å². The first-order chi connectivity index (χ1) is 12.2. The summed E-state index contributed by atoms with van der Waals surface area (Å²) in [5.74, 6) is -10.6. The minimum Gasteiger partial charge on any atom is -0.506 e. The molecule has 0 bridgehead atoms. The third kappa shape index (κ3) is 3.69. The molecular formula is C16H12F4N2O3S. The van der Waals surface area contributed by atoms with Gasteiger partial charge >= 0.3 is 0 Å². The number of carbonyl (C=O) groups excluding carboxylic acids is 1. The van der Waals surface area contributed by atoms with Crippen molar-refractivity contribution in [2.24, 2.45) is 0 Å². The molecule has 0 saturated heterocycles. The molecule has 0 aliphatic heterocycles. The summed E-state index contributed by atoms with van der Waals surface area (Å²) in [5.41, 5.74) is -0.650. The summed E-state index contributed by atoms with van der Waals surface area (Å²) in [6, 6.07) is 4.47. The number of amides is 1. The highest BCUT2D eigenvalue weighted by Gasteiger charge is 2.30. The monoisotopic (exact) mass is 388 g/mol. The van der Waals surface area contributed by atoms with E-state index in [0.29, 0.717) is 0 Å². The van der Waals surface area contributed by atoms with E-state index in [0.717, 1.165) is 12.7 Å². The standard InChI is InChI=1S/C16H12F4N2O3S/c1-6-3-4-7(8(23)5-6)21-16(26)22-15(24)9-10(17)12(19)14(25-2)13(20)11(9)18/h3-5,23H,1-2H3,(H2,21,22,24,26). The van der Waals surface area contributed by atoms with Crippen LogP contribution in [0, 0.1) is 30.2 Å². The Morgan fingerprint density at radius 3 is 2.19 bits per heavy atom. The highest BCUT2D eigenvalue weighted by atomic mass is 32.1. The van der Waals surface area contributed by atoms with Gasteiger partial charge in [0, 0.05) is 0 Å². The van der Waals surface area contributed by atoms with Crippen molar-refractivity contribution in [1.82, 2.24) is 5.32 Å². The number of hydrogen-bond acceptors (Lipinski definition) is 4. The number of halogens is 4. The lowest BCUT2D eigenvalue weighted by Gasteiger charge is -2.13. The van der Waals surface area contributed by atoms with Crippen LogP contribution in [-0.4, -0.2) is 23.2 Å². The van der Waals surface area contributed by atoms with E-state index in [1.165, 1.54) is 12.1 Å². The third-order valence-corrected chi connectivity index (χ3v) is 3.49. The van der Waals surface area contributed by atoms with E-state index in [4.69, 9.17) is 12.2 Å². The first-order valence-corrected chi connectivity index (χ1v) is 7.40. The number of benzene rings is 2. The Labute approximate surface area is 150 Å². The maximum atomic E-state index is 13.9. The highest BCUT2D eigenvalue weighted by molar-refractivity contribution is 7.80. The number of ether oxygens (including phenoxy) is 1. The van der Waals surface area contributed by atoms with Gasteiger partial charge in [-0.3, -0.25) is 10.1 Å². The van der Waals surface area contributed by atoms with Crippen molar-refractivity contribution in [3.8, 4) is 11.5 Å². The number of hydrogen-bond donors (Lipinski definition) is 3. The average Bonchev–Trinajstić information content (AvgIpc) is 2.56. The smallest absolute Gasteiger partial charge is 0.263 e. The Kier molecular flexibility index (Phi) is 5.66. The van der Waals surface area contributed by atoms with Gasteiger partial charge in [0.05, 0.1) is 12.8 Å².